The molecule has 2 atom stereocenters. The Morgan fingerprint density at radius 3 is 2.78 bits per heavy atom. The van der Waals surface area contributed by atoms with Gasteiger partial charge in [-0.05, 0) is 91.3 Å². The van der Waals surface area contributed by atoms with Crippen molar-refractivity contribution < 1.29 is 9.21 Å². The molecular weight excluding hydrogens is 453 g/mol. The first-order chi connectivity index (χ1) is 13.1. The third-order valence-corrected chi connectivity index (χ3v) is 6.52. The fourth-order valence-corrected chi connectivity index (χ4v) is 4.78. The third kappa shape index (κ3) is 2.86. The number of benzene rings is 1. The molecule has 5 nitrogen and oxygen atoms in total. The monoisotopic (exact) mass is 473 g/mol. The molecule has 1 saturated heterocycles. The number of piperidine rings is 1. The smallest absolute Gasteiger partial charge is 0.171 e. The topological polar surface area (TPSA) is 51.3 Å². The predicted octanol–water partition coefficient (Wildman–Crippen LogP) is 4.04. The third-order valence-electron chi connectivity index (χ3n) is 5.80. The van der Waals surface area contributed by atoms with Crippen LogP contribution >= 0.6 is 22.6 Å². The number of Topliss-reactive ketones (excluding diaryl/α,β-unsaturated/α-hetero) is 1. The Bertz CT molecular complexity index is 991. The number of ketones is 1. The summed E-state index contributed by atoms with van der Waals surface area (Å²) in [6.07, 6.45) is 3.58. The average molecular weight is 473 g/mol. The van der Waals surface area contributed by atoms with Gasteiger partial charge in [0.1, 0.15) is 5.69 Å². The van der Waals surface area contributed by atoms with Gasteiger partial charge in [0.2, 0.25) is 0 Å². The Labute approximate surface area is 171 Å². The van der Waals surface area contributed by atoms with Crippen molar-refractivity contribution in [3.05, 3.63) is 57.5 Å². The van der Waals surface area contributed by atoms with Crippen LogP contribution in [0.25, 0.3) is 17.1 Å². The van der Waals surface area contributed by atoms with Crippen molar-refractivity contribution in [3.63, 3.8) is 0 Å². The second-order valence-electron chi connectivity index (χ2n) is 7.52. The number of rotatable bonds is 2. The van der Waals surface area contributed by atoms with E-state index in [1.807, 2.05) is 16.8 Å². The molecule has 0 N–H and O–H groups in total. The van der Waals surface area contributed by atoms with Gasteiger partial charge in [-0.15, -0.1) is 0 Å². The number of furan rings is 1. The molecule has 1 aromatic carbocycles. The lowest BCUT2D eigenvalue weighted by atomic mass is 9.73. The summed E-state index contributed by atoms with van der Waals surface area (Å²) in [6, 6.07) is 12.0. The van der Waals surface area contributed by atoms with Gasteiger partial charge < -0.3 is 9.32 Å². The largest absolute Gasteiger partial charge is 0.463 e. The molecule has 1 fully saturated rings. The van der Waals surface area contributed by atoms with Gasteiger partial charge in [-0.1, -0.05) is 0 Å². The highest BCUT2D eigenvalue weighted by Crippen LogP contribution is 2.40. The Hall–Kier alpha value is -1.93. The van der Waals surface area contributed by atoms with Gasteiger partial charge in [-0.2, -0.15) is 5.10 Å². The quantitative estimate of drug-likeness (QED) is 0.528. The van der Waals surface area contributed by atoms with E-state index in [4.69, 9.17) is 9.52 Å². The molecule has 2 unspecified atom stereocenters. The lowest BCUT2D eigenvalue weighted by Crippen LogP contribution is -2.45. The molecule has 2 aliphatic rings. The molecule has 27 heavy (non-hydrogen) atoms. The molecule has 5 rings (SSSR count). The molecule has 138 valence electrons. The summed E-state index contributed by atoms with van der Waals surface area (Å²) < 4.78 is 8.75. The van der Waals surface area contributed by atoms with E-state index in [2.05, 4.69) is 58.8 Å². The van der Waals surface area contributed by atoms with Crippen LogP contribution in [0.15, 0.2) is 47.1 Å². The molecule has 2 aromatic heterocycles. The Balaban J connectivity index is 1.69. The molecule has 3 heterocycles. The van der Waals surface area contributed by atoms with Crippen molar-refractivity contribution in [2.24, 2.45) is 11.8 Å². The summed E-state index contributed by atoms with van der Waals surface area (Å²) in [4.78, 5) is 15.8. The summed E-state index contributed by atoms with van der Waals surface area (Å²) in [5, 5.41) is 4.85. The zero-order valence-electron chi connectivity index (χ0n) is 15.1. The zero-order chi connectivity index (χ0) is 18.5. The van der Waals surface area contributed by atoms with Gasteiger partial charge >= 0.3 is 0 Å². The minimum atomic E-state index is 0.0549. The van der Waals surface area contributed by atoms with Gasteiger partial charge in [0.25, 0.3) is 0 Å². The van der Waals surface area contributed by atoms with Gasteiger partial charge in [0.15, 0.2) is 11.5 Å². The first kappa shape index (κ1) is 17.2. The van der Waals surface area contributed by atoms with Gasteiger partial charge in [-0.3, -0.25) is 4.79 Å². The second kappa shape index (κ2) is 6.60. The van der Waals surface area contributed by atoms with Gasteiger partial charge in [0.05, 0.1) is 23.2 Å². The number of nitrogens with zero attached hydrogens (tertiary/aromatic N) is 3. The Morgan fingerprint density at radius 2 is 2.04 bits per heavy atom. The molecule has 3 aromatic rings. The van der Waals surface area contributed by atoms with Crippen molar-refractivity contribution in [1.29, 1.82) is 0 Å². The molecule has 6 heteroatoms. The molecule has 0 saturated carbocycles. The van der Waals surface area contributed by atoms with Crippen LogP contribution in [-0.4, -0.2) is 40.6 Å². The predicted molar refractivity (Wildman–Crippen MR) is 111 cm³/mol. The minimum absolute atomic E-state index is 0.0549. The molecular formula is C21H20IN3O2. The Kier molecular flexibility index (Phi) is 4.20. The normalized spacial score (nSPS) is 22.5. The lowest BCUT2D eigenvalue weighted by molar-refractivity contribution is 0.0705. The first-order valence-electron chi connectivity index (χ1n) is 9.26. The number of hydrogen-bond acceptors (Lipinski definition) is 4. The van der Waals surface area contributed by atoms with Crippen LogP contribution in [0.1, 0.15) is 22.5 Å². The van der Waals surface area contributed by atoms with E-state index in [0.29, 0.717) is 17.4 Å². The van der Waals surface area contributed by atoms with E-state index in [1.54, 1.807) is 6.26 Å². The maximum Gasteiger partial charge on any atom is 0.171 e. The van der Waals surface area contributed by atoms with Crippen molar-refractivity contribution in [2.75, 3.05) is 20.1 Å². The highest BCUT2D eigenvalue weighted by atomic mass is 127. The van der Waals surface area contributed by atoms with E-state index in [-0.39, 0.29) is 11.7 Å². The fraction of sp³-hybridized carbons (Fsp3) is 0.333. The maximum atomic E-state index is 13.5. The summed E-state index contributed by atoms with van der Waals surface area (Å²) in [6.45, 7) is 1.88. The number of aromatic nitrogens is 2. The maximum absolute atomic E-state index is 13.5. The number of hydrogen-bond donors (Lipinski definition) is 0. The van der Waals surface area contributed by atoms with E-state index in [9.17, 15) is 4.79 Å². The molecule has 0 spiro atoms. The fourth-order valence-electron chi connectivity index (χ4n) is 4.42. The molecule has 1 aliphatic carbocycles. The summed E-state index contributed by atoms with van der Waals surface area (Å²) in [5.74, 6) is 1.33. The van der Waals surface area contributed by atoms with Crippen molar-refractivity contribution in [2.45, 2.75) is 12.8 Å². The van der Waals surface area contributed by atoms with Crippen LogP contribution in [0.5, 0.6) is 0 Å². The second-order valence-corrected chi connectivity index (χ2v) is 8.77. The van der Waals surface area contributed by atoms with Crippen molar-refractivity contribution >= 4 is 28.4 Å². The standard InChI is InChI=1S/C21H20IN3O2/c1-24-9-8-13-11-17-19(21(26)16(13)12-24)20(18-3-2-10-27-18)23-25(17)15-6-4-14(22)5-7-15/h2-7,10,13,16H,8-9,11-12H2,1H3. The molecule has 1 aliphatic heterocycles. The number of likely N-dealkylation sites (tertiary alicyclic amines) is 1. The minimum Gasteiger partial charge on any atom is -0.463 e. The average Bonchev–Trinajstić information content (AvgIpc) is 3.31. The van der Waals surface area contributed by atoms with Crippen LogP contribution in [0.3, 0.4) is 0 Å². The highest BCUT2D eigenvalue weighted by Gasteiger charge is 2.42. The number of halogens is 1. The van der Waals surface area contributed by atoms with Gasteiger partial charge in [0, 0.05) is 16.0 Å². The van der Waals surface area contributed by atoms with Crippen LogP contribution in [0.2, 0.25) is 0 Å². The Morgan fingerprint density at radius 1 is 1.22 bits per heavy atom. The van der Waals surface area contributed by atoms with Crippen LogP contribution < -0.4 is 0 Å². The molecule has 0 amide bonds. The van der Waals surface area contributed by atoms with Crippen molar-refractivity contribution in [3.8, 4) is 17.1 Å². The van der Waals surface area contributed by atoms with E-state index in [1.165, 1.54) is 3.57 Å². The number of fused-ring (bicyclic) bond motifs is 2. The SMILES string of the molecule is CN1CCC2Cc3c(c(-c4ccco4)nn3-c3ccc(I)cc3)C(=O)C2C1. The highest BCUT2D eigenvalue weighted by molar-refractivity contribution is 14.1. The van der Waals surface area contributed by atoms with E-state index >= 15 is 0 Å². The van der Waals surface area contributed by atoms with E-state index in [0.717, 1.165) is 42.9 Å². The first-order valence-corrected chi connectivity index (χ1v) is 10.3. The summed E-state index contributed by atoms with van der Waals surface area (Å²) in [5.41, 5.74) is 3.44. The summed E-state index contributed by atoms with van der Waals surface area (Å²) in [7, 11) is 2.10. The number of carbonyl (C=O) groups excluding carboxylic acids is 1. The molecule has 0 radical (unpaired) electrons. The van der Waals surface area contributed by atoms with Crippen LogP contribution in [0, 0.1) is 15.4 Å². The van der Waals surface area contributed by atoms with Crippen LogP contribution in [-0.2, 0) is 6.42 Å². The molecule has 0 bridgehead atoms. The van der Waals surface area contributed by atoms with Crippen LogP contribution in [0.4, 0.5) is 0 Å². The lowest BCUT2D eigenvalue weighted by Gasteiger charge is -2.38. The zero-order valence-corrected chi connectivity index (χ0v) is 17.2. The summed E-state index contributed by atoms with van der Waals surface area (Å²) >= 11 is 2.30. The van der Waals surface area contributed by atoms with E-state index < -0.39 is 0 Å². The van der Waals surface area contributed by atoms with Crippen molar-refractivity contribution in [1.82, 2.24) is 14.7 Å². The van der Waals surface area contributed by atoms with Gasteiger partial charge in [-0.25, -0.2) is 4.68 Å². The number of carbonyl (C=O) groups is 1.